The van der Waals surface area contributed by atoms with E-state index in [9.17, 15) is 0 Å². The SMILES string of the molecule is Cc1cccc[c]1[Bi]([Cl])([Cl])([c]1ccccc1C)[c]1ccccc1C. The molecule has 0 aromatic heterocycles. The van der Waals surface area contributed by atoms with Crippen molar-refractivity contribution in [3.63, 3.8) is 0 Å². The molecule has 0 fully saturated rings. The van der Waals surface area contributed by atoms with E-state index in [1.807, 2.05) is 36.4 Å². The number of benzene rings is 3. The summed E-state index contributed by atoms with van der Waals surface area (Å²) in [4.78, 5) is 0. The van der Waals surface area contributed by atoms with E-state index >= 15 is 0 Å². The molecular weight excluding hydrogens is 532 g/mol. The molecule has 0 bridgehead atoms. The van der Waals surface area contributed by atoms with Gasteiger partial charge in [0.1, 0.15) is 0 Å². The Kier molecular flexibility index (Phi) is 4.82. The molecule has 0 atom stereocenters. The molecule has 0 aliphatic rings. The fourth-order valence-electron chi connectivity index (χ4n) is 3.40. The third-order valence-corrected chi connectivity index (χ3v) is 29.9. The summed E-state index contributed by atoms with van der Waals surface area (Å²) in [6.07, 6.45) is 0. The molecule has 3 rings (SSSR count). The van der Waals surface area contributed by atoms with E-state index < -0.39 is 16.4 Å². The van der Waals surface area contributed by atoms with Crippen LogP contribution in [0.3, 0.4) is 0 Å². The first kappa shape index (κ1) is 17.9. The fraction of sp³-hybridized carbons (Fsp3) is 0.143. The summed E-state index contributed by atoms with van der Waals surface area (Å²) < 4.78 is 3.32. The number of halogens is 2. The standard InChI is InChI=1S/3C7H7.Bi.2ClH/c3*1-7-5-3-2-4-6-7;;;/h3*2-5H,1H3;;2*1H/q;;;+2;;/p-2. The summed E-state index contributed by atoms with van der Waals surface area (Å²) in [6, 6.07) is 24.9. The minimum atomic E-state index is -4.77. The third kappa shape index (κ3) is 2.72. The Morgan fingerprint density at radius 2 is 0.750 bits per heavy atom. The second kappa shape index (κ2) is 6.45. The van der Waals surface area contributed by atoms with Crippen LogP contribution in [0.5, 0.6) is 0 Å². The van der Waals surface area contributed by atoms with Crippen molar-refractivity contribution >= 4 is 43.2 Å². The maximum absolute atomic E-state index is 7.67. The van der Waals surface area contributed by atoms with Crippen LogP contribution in [-0.4, -0.2) is 16.4 Å². The van der Waals surface area contributed by atoms with E-state index in [2.05, 4.69) is 57.2 Å². The van der Waals surface area contributed by atoms with Crippen molar-refractivity contribution in [2.75, 3.05) is 0 Å². The van der Waals surface area contributed by atoms with Gasteiger partial charge in [-0.3, -0.25) is 0 Å². The quantitative estimate of drug-likeness (QED) is 0.420. The van der Waals surface area contributed by atoms with Gasteiger partial charge in [0, 0.05) is 0 Å². The Balaban J connectivity index is 2.50. The van der Waals surface area contributed by atoms with Gasteiger partial charge in [-0.1, -0.05) is 0 Å². The summed E-state index contributed by atoms with van der Waals surface area (Å²) in [5.41, 5.74) is 3.46. The van der Waals surface area contributed by atoms with Crippen molar-refractivity contribution in [2.45, 2.75) is 20.8 Å². The van der Waals surface area contributed by atoms with Gasteiger partial charge in [0.05, 0.1) is 0 Å². The average Bonchev–Trinajstić information content (AvgIpc) is 2.56. The van der Waals surface area contributed by atoms with Crippen molar-refractivity contribution < 1.29 is 0 Å². The Bertz CT molecular complexity index is 782. The van der Waals surface area contributed by atoms with Crippen molar-refractivity contribution in [2.24, 2.45) is 0 Å². The molecule has 0 aliphatic heterocycles. The predicted octanol–water partition coefficient (Wildman–Crippen LogP) is 4.51. The van der Waals surface area contributed by atoms with E-state index in [-0.39, 0.29) is 0 Å². The van der Waals surface area contributed by atoms with Gasteiger partial charge >= 0.3 is 153 Å². The molecular formula is C21H21BiCl2. The van der Waals surface area contributed by atoms with Crippen LogP contribution in [0.2, 0.25) is 0 Å². The Morgan fingerprint density at radius 3 is 1.00 bits per heavy atom. The van der Waals surface area contributed by atoms with Gasteiger partial charge in [0.15, 0.2) is 0 Å². The predicted molar refractivity (Wildman–Crippen MR) is 110 cm³/mol. The molecule has 0 radical (unpaired) electrons. The first-order valence-corrected chi connectivity index (χ1v) is 21.8. The zero-order valence-corrected chi connectivity index (χ0v) is 19.1. The van der Waals surface area contributed by atoms with Crippen molar-refractivity contribution in [3.8, 4) is 0 Å². The van der Waals surface area contributed by atoms with Gasteiger partial charge in [-0.05, 0) is 0 Å². The number of hydrogen-bond donors (Lipinski definition) is 0. The van der Waals surface area contributed by atoms with Crippen molar-refractivity contribution in [3.05, 3.63) is 89.5 Å². The Labute approximate surface area is 152 Å². The van der Waals surface area contributed by atoms with E-state index in [1.54, 1.807) is 0 Å². The number of aryl methyl sites for hydroxylation is 3. The Hall–Kier alpha value is -0.877. The molecule has 3 aromatic rings. The molecule has 0 N–H and O–H groups in total. The van der Waals surface area contributed by atoms with Gasteiger partial charge < -0.3 is 0 Å². The van der Waals surface area contributed by atoms with Gasteiger partial charge in [-0.2, -0.15) is 0 Å². The van der Waals surface area contributed by atoms with E-state index in [4.69, 9.17) is 17.0 Å². The normalized spacial score (nSPS) is 13.3. The topological polar surface area (TPSA) is 0 Å². The zero-order chi connectivity index (χ0) is 17.4. The van der Waals surface area contributed by atoms with Gasteiger partial charge in [-0.15, -0.1) is 0 Å². The molecule has 0 amide bonds. The molecule has 0 heterocycles. The molecule has 0 spiro atoms. The van der Waals surface area contributed by atoms with Crippen LogP contribution in [0.25, 0.3) is 0 Å². The first-order chi connectivity index (χ1) is 11.4. The van der Waals surface area contributed by atoms with Crippen LogP contribution in [0.4, 0.5) is 0 Å². The molecule has 24 heavy (non-hydrogen) atoms. The van der Waals surface area contributed by atoms with Gasteiger partial charge in [0.25, 0.3) is 0 Å². The minimum absolute atomic E-state index is 1.11. The van der Waals surface area contributed by atoms with E-state index in [1.165, 1.54) is 0 Å². The van der Waals surface area contributed by atoms with E-state index in [0.29, 0.717) is 0 Å². The van der Waals surface area contributed by atoms with Crippen LogP contribution in [0.1, 0.15) is 16.7 Å². The van der Waals surface area contributed by atoms with Crippen LogP contribution >= 0.6 is 17.0 Å². The summed E-state index contributed by atoms with van der Waals surface area (Å²) in [7, 11) is 15.3. The Morgan fingerprint density at radius 1 is 0.500 bits per heavy atom. The van der Waals surface area contributed by atoms with Crippen LogP contribution in [0, 0.1) is 20.8 Å². The molecule has 0 nitrogen and oxygen atoms in total. The van der Waals surface area contributed by atoms with Crippen molar-refractivity contribution in [1.29, 1.82) is 0 Å². The van der Waals surface area contributed by atoms with Crippen LogP contribution < -0.4 is 9.81 Å². The molecule has 0 saturated heterocycles. The fourth-order valence-corrected chi connectivity index (χ4v) is 28.6. The van der Waals surface area contributed by atoms with Crippen LogP contribution in [-0.2, 0) is 0 Å². The first-order valence-electron chi connectivity index (χ1n) is 7.99. The van der Waals surface area contributed by atoms with Gasteiger partial charge in [0.2, 0.25) is 0 Å². The summed E-state index contributed by atoms with van der Waals surface area (Å²) in [6.45, 7) is 6.31. The second-order valence-electron chi connectivity index (χ2n) is 6.27. The molecule has 124 valence electrons. The molecule has 3 heteroatoms. The van der Waals surface area contributed by atoms with Crippen LogP contribution in [0.15, 0.2) is 72.8 Å². The summed E-state index contributed by atoms with van der Waals surface area (Å²) in [5, 5.41) is 0. The number of rotatable bonds is 3. The molecule has 0 saturated carbocycles. The van der Waals surface area contributed by atoms with E-state index in [0.717, 1.165) is 26.5 Å². The summed E-state index contributed by atoms with van der Waals surface area (Å²) >= 11 is -4.77. The molecule has 0 aliphatic carbocycles. The number of hydrogen-bond acceptors (Lipinski definition) is 0. The average molecular weight is 553 g/mol. The zero-order valence-electron chi connectivity index (χ0n) is 14.1. The second-order valence-corrected chi connectivity index (χ2v) is 32.3. The monoisotopic (exact) mass is 552 g/mol. The molecule has 0 unspecified atom stereocenters. The summed E-state index contributed by atoms with van der Waals surface area (Å²) in [5.74, 6) is 0. The molecule has 3 aromatic carbocycles. The maximum atomic E-state index is 7.67. The van der Waals surface area contributed by atoms with Gasteiger partial charge in [-0.25, -0.2) is 0 Å². The van der Waals surface area contributed by atoms with Crippen molar-refractivity contribution in [1.82, 2.24) is 0 Å². The third-order valence-electron chi connectivity index (χ3n) is 4.62.